The van der Waals surface area contributed by atoms with E-state index in [4.69, 9.17) is 4.74 Å². The molecule has 1 heterocycles. The second-order valence-corrected chi connectivity index (χ2v) is 6.21. The number of rotatable bonds is 3. The number of nitrogens with one attached hydrogen (secondary N) is 1. The normalized spacial score (nSPS) is 32.3. The van der Waals surface area contributed by atoms with E-state index in [1.807, 2.05) is 0 Å². The molecule has 2 atom stereocenters. The number of nitrogens with zero attached hydrogens (tertiary/aromatic N) is 1. The molecule has 0 aromatic carbocycles. The van der Waals surface area contributed by atoms with Gasteiger partial charge in [0, 0.05) is 12.6 Å². The number of carbonyl (C=O) groups is 1. The van der Waals surface area contributed by atoms with Crippen LogP contribution in [-0.2, 0) is 9.53 Å². The van der Waals surface area contributed by atoms with Gasteiger partial charge in [-0.05, 0) is 25.7 Å². The highest BCUT2D eigenvalue weighted by molar-refractivity contribution is 5.78. The van der Waals surface area contributed by atoms with Crippen LogP contribution in [0.15, 0.2) is 0 Å². The van der Waals surface area contributed by atoms with Crippen molar-refractivity contribution < 1.29 is 9.53 Å². The molecule has 3 fully saturated rings. The number of morpholine rings is 1. The molecule has 1 amide bonds. The van der Waals surface area contributed by atoms with Crippen LogP contribution in [0.5, 0.6) is 0 Å². The molecule has 3 aliphatic rings. The van der Waals surface area contributed by atoms with Gasteiger partial charge >= 0.3 is 0 Å². The lowest BCUT2D eigenvalue weighted by Crippen LogP contribution is -2.56. The Morgan fingerprint density at radius 1 is 1.11 bits per heavy atom. The number of fused-ring (bicyclic) bond motifs is 1. The molecule has 3 rings (SSSR count). The fourth-order valence-corrected chi connectivity index (χ4v) is 3.87. The van der Waals surface area contributed by atoms with E-state index in [1.54, 1.807) is 0 Å². The molecule has 4 heteroatoms. The molecule has 0 bridgehead atoms. The summed E-state index contributed by atoms with van der Waals surface area (Å²) in [4.78, 5) is 14.5. The Hall–Kier alpha value is -0.610. The zero-order valence-electron chi connectivity index (χ0n) is 11.8. The Morgan fingerprint density at radius 3 is 2.68 bits per heavy atom. The minimum Gasteiger partial charge on any atom is -0.374 e. The summed E-state index contributed by atoms with van der Waals surface area (Å²) in [5.41, 5.74) is 0. The van der Waals surface area contributed by atoms with E-state index < -0.39 is 0 Å². The van der Waals surface area contributed by atoms with Crippen molar-refractivity contribution in [2.24, 2.45) is 0 Å². The first kappa shape index (κ1) is 13.4. The van der Waals surface area contributed by atoms with Crippen LogP contribution in [0.2, 0.25) is 0 Å². The van der Waals surface area contributed by atoms with Crippen LogP contribution in [0.4, 0.5) is 0 Å². The molecule has 1 aliphatic heterocycles. The monoisotopic (exact) mass is 266 g/mol. The molecule has 2 aliphatic carbocycles. The van der Waals surface area contributed by atoms with E-state index >= 15 is 0 Å². The lowest BCUT2D eigenvalue weighted by Gasteiger charge is -2.44. The molecule has 0 spiro atoms. The Morgan fingerprint density at radius 2 is 1.84 bits per heavy atom. The molecular weight excluding hydrogens is 240 g/mol. The topological polar surface area (TPSA) is 41.6 Å². The maximum absolute atomic E-state index is 12.4. The van der Waals surface area contributed by atoms with Crippen LogP contribution in [0.25, 0.3) is 0 Å². The van der Waals surface area contributed by atoms with Gasteiger partial charge in [-0.15, -0.1) is 0 Å². The third-order valence-electron chi connectivity index (χ3n) is 4.95. The van der Waals surface area contributed by atoms with E-state index in [-0.39, 0.29) is 5.91 Å². The second-order valence-electron chi connectivity index (χ2n) is 6.21. The van der Waals surface area contributed by atoms with Crippen molar-refractivity contribution >= 4 is 5.91 Å². The Balaban J connectivity index is 1.52. The summed E-state index contributed by atoms with van der Waals surface area (Å²) in [6.07, 6.45) is 10.2. The predicted molar refractivity (Wildman–Crippen MR) is 74.0 cm³/mol. The largest absolute Gasteiger partial charge is 0.374 e. The third-order valence-corrected chi connectivity index (χ3v) is 4.95. The van der Waals surface area contributed by atoms with Crippen LogP contribution in [0.1, 0.15) is 51.4 Å². The smallest absolute Gasteiger partial charge is 0.236 e. The number of hydrogen-bond donors (Lipinski definition) is 1. The van der Waals surface area contributed by atoms with E-state index in [9.17, 15) is 4.79 Å². The fraction of sp³-hybridized carbons (Fsp3) is 0.933. The van der Waals surface area contributed by atoms with Crippen molar-refractivity contribution in [2.45, 2.75) is 69.6 Å². The van der Waals surface area contributed by atoms with Gasteiger partial charge in [0.2, 0.25) is 5.91 Å². The van der Waals surface area contributed by atoms with Crippen molar-refractivity contribution in [1.29, 1.82) is 0 Å². The maximum Gasteiger partial charge on any atom is 0.236 e. The van der Waals surface area contributed by atoms with E-state index in [2.05, 4.69) is 10.2 Å². The number of amides is 1. The van der Waals surface area contributed by atoms with Crippen molar-refractivity contribution in [1.82, 2.24) is 10.2 Å². The number of carbonyl (C=O) groups excluding carboxylic acids is 1. The van der Waals surface area contributed by atoms with Gasteiger partial charge in [0.25, 0.3) is 0 Å². The van der Waals surface area contributed by atoms with E-state index in [1.165, 1.54) is 38.5 Å². The molecule has 2 unspecified atom stereocenters. The van der Waals surface area contributed by atoms with E-state index in [0.717, 1.165) is 26.0 Å². The molecule has 0 aromatic heterocycles. The van der Waals surface area contributed by atoms with Gasteiger partial charge in [-0.25, -0.2) is 0 Å². The van der Waals surface area contributed by atoms with Crippen LogP contribution in [0, 0.1) is 0 Å². The second kappa shape index (κ2) is 6.23. The van der Waals surface area contributed by atoms with Crippen LogP contribution in [-0.4, -0.2) is 48.7 Å². The van der Waals surface area contributed by atoms with Crippen LogP contribution >= 0.6 is 0 Å². The molecule has 2 saturated carbocycles. The highest BCUT2D eigenvalue weighted by atomic mass is 16.5. The van der Waals surface area contributed by atoms with Crippen molar-refractivity contribution in [3.63, 3.8) is 0 Å². The van der Waals surface area contributed by atoms with Gasteiger partial charge in [-0.3, -0.25) is 4.79 Å². The average Bonchev–Trinajstić information content (AvgIpc) is 2.97. The zero-order valence-corrected chi connectivity index (χ0v) is 11.8. The molecule has 108 valence electrons. The summed E-state index contributed by atoms with van der Waals surface area (Å²) >= 11 is 0. The summed E-state index contributed by atoms with van der Waals surface area (Å²) in [5.74, 6) is 0.284. The lowest BCUT2D eigenvalue weighted by atomic mass is 9.90. The summed E-state index contributed by atoms with van der Waals surface area (Å²) in [6, 6.07) is 0.924. The van der Waals surface area contributed by atoms with E-state index in [0.29, 0.717) is 24.7 Å². The van der Waals surface area contributed by atoms with Gasteiger partial charge in [-0.2, -0.15) is 0 Å². The van der Waals surface area contributed by atoms with Gasteiger partial charge in [-0.1, -0.05) is 25.7 Å². The van der Waals surface area contributed by atoms with Crippen molar-refractivity contribution in [3.8, 4) is 0 Å². The first-order valence-corrected chi connectivity index (χ1v) is 7.99. The summed E-state index contributed by atoms with van der Waals surface area (Å²) in [5, 5.41) is 3.44. The first-order chi connectivity index (χ1) is 9.34. The third kappa shape index (κ3) is 3.11. The van der Waals surface area contributed by atoms with Crippen molar-refractivity contribution in [3.05, 3.63) is 0 Å². The van der Waals surface area contributed by atoms with Gasteiger partial charge in [0.1, 0.15) is 0 Å². The highest BCUT2D eigenvalue weighted by Crippen LogP contribution is 2.28. The first-order valence-electron chi connectivity index (χ1n) is 7.99. The summed E-state index contributed by atoms with van der Waals surface area (Å²) < 4.78 is 5.83. The average molecular weight is 266 g/mol. The Bertz CT molecular complexity index is 313. The quantitative estimate of drug-likeness (QED) is 0.845. The molecule has 4 nitrogen and oxygen atoms in total. The number of hydrogen-bond acceptors (Lipinski definition) is 3. The van der Waals surface area contributed by atoms with Gasteiger partial charge < -0.3 is 15.0 Å². The molecular formula is C15H26N2O2. The van der Waals surface area contributed by atoms with Crippen LogP contribution < -0.4 is 5.32 Å². The molecule has 19 heavy (non-hydrogen) atoms. The summed E-state index contributed by atoms with van der Waals surface area (Å²) in [7, 11) is 0. The SMILES string of the molecule is O=C(CNC1CCCC1)N1CCOC2CCCCC21. The predicted octanol–water partition coefficient (Wildman–Crippen LogP) is 1.69. The highest BCUT2D eigenvalue weighted by Gasteiger charge is 2.36. The maximum atomic E-state index is 12.4. The molecule has 1 saturated heterocycles. The Labute approximate surface area is 115 Å². The molecule has 0 aromatic rings. The minimum absolute atomic E-state index is 0.284. The molecule has 0 radical (unpaired) electrons. The van der Waals surface area contributed by atoms with Crippen molar-refractivity contribution in [2.75, 3.05) is 19.7 Å². The number of ether oxygens (including phenoxy) is 1. The zero-order chi connectivity index (χ0) is 13.1. The summed E-state index contributed by atoms with van der Waals surface area (Å²) in [6.45, 7) is 2.02. The van der Waals surface area contributed by atoms with Gasteiger partial charge in [0.05, 0.1) is 25.3 Å². The lowest BCUT2D eigenvalue weighted by molar-refractivity contribution is -0.148. The standard InChI is InChI=1S/C15H26N2O2/c18-15(11-16-12-5-1-2-6-12)17-9-10-19-14-8-4-3-7-13(14)17/h12-14,16H,1-11H2. The van der Waals surface area contributed by atoms with Gasteiger partial charge in [0.15, 0.2) is 0 Å². The minimum atomic E-state index is 0.284. The Kier molecular flexibility index (Phi) is 4.38. The fourth-order valence-electron chi connectivity index (χ4n) is 3.87. The molecule has 1 N–H and O–H groups in total. The van der Waals surface area contributed by atoms with Crippen LogP contribution in [0.3, 0.4) is 0 Å².